The maximum Gasteiger partial charge on any atom is 0.263 e. The Kier molecular flexibility index (Phi) is 6.46. The van der Waals surface area contributed by atoms with Crippen LogP contribution in [-0.2, 0) is 11.2 Å². The highest BCUT2D eigenvalue weighted by molar-refractivity contribution is 5.92. The number of carbonyl (C=O) groups excluding carboxylic acids is 1. The number of nitrogens with one attached hydrogen (secondary N) is 1. The molecule has 0 spiro atoms. The second-order valence-electron chi connectivity index (χ2n) is 7.90. The number of carbonyl (C=O) groups is 1. The van der Waals surface area contributed by atoms with E-state index >= 15 is 0 Å². The van der Waals surface area contributed by atoms with Crippen molar-refractivity contribution in [3.05, 3.63) is 72.1 Å². The summed E-state index contributed by atoms with van der Waals surface area (Å²) in [7, 11) is 0. The zero-order valence-electron chi connectivity index (χ0n) is 18.0. The first kappa shape index (κ1) is 20.8. The van der Waals surface area contributed by atoms with E-state index in [0.29, 0.717) is 5.88 Å². The monoisotopic (exact) mass is 416 g/mol. The van der Waals surface area contributed by atoms with Crippen molar-refractivity contribution in [2.45, 2.75) is 33.1 Å². The number of piperidine rings is 1. The van der Waals surface area contributed by atoms with E-state index in [1.54, 1.807) is 12.4 Å². The third kappa shape index (κ3) is 5.20. The van der Waals surface area contributed by atoms with Gasteiger partial charge in [0, 0.05) is 37.1 Å². The minimum absolute atomic E-state index is 0.0142. The van der Waals surface area contributed by atoms with Crippen molar-refractivity contribution in [1.82, 2.24) is 9.97 Å². The van der Waals surface area contributed by atoms with Crippen LogP contribution in [0.15, 0.2) is 60.9 Å². The molecule has 160 valence electrons. The lowest BCUT2D eigenvalue weighted by atomic mass is 9.95. The van der Waals surface area contributed by atoms with Crippen LogP contribution in [0.4, 0.5) is 11.5 Å². The van der Waals surface area contributed by atoms with Crippen LogP contribution in [0.25, 0.3) is 0 Å². The van der Waals surface area contributed by atoms with Gasteiger partial charge in [0.1, 0.15) is 5.75 Å². The number of hydrogen-bond acceptors (Lipinski definition) is 5. The van der Waals surface area contributed by atoms with Gasteiger partial charge in [0.05, 0.1) is 0 Å². The van der Waals surface area contributed by atoms with Crippen LogP contribution >= 0.6 is 0 Å². The number of ether oxygens (including phenoxy) is 1. The summed E-state index contributed by atoms with van der Waals surface area (Å²) < 4.78 is 6.00. The van der Waals surface area contributed by atoms with E-state index in [1.165, 1.54) is 11.1 Å². The molecule has 0 saturated carbocycles. The number of amides is 1. The van der Waals surface area contributed by atoms with Crippen molar-refractivity contribution in [2.24, 2.45) is 5.92 Å². The predicted molar refractivity (Wildman–Crippen MR) is 123 cm³/mol. The molecule has 2 aromatic carbocycles. The van der Waals surface area contributed by atoms with E-state index in [4.69, 9.17) is 4.74 Å². The molecule has 6 nitrogen and oxygen atoms in total. The van der Waals surface area contributed by atoms with Crippen LogP contribution < -0.4 is 15.0 Å². The molecule has 3 aromatic rings. The average molecular weight is 417 g/mol. The van der Waals surface area contributed by atoms with Gasteiger partial charge in [0.15, 0.2) is 5.82 Å². The fourth-order valence-corrected chi connectivity index (χ4v) is 3.79. The molecule has 0 radical (unpaired) electrons. The topological polar surface area (TPSA) is 67.4 Å². The number of benzene rings is 2. The van der Waals surface area contributed by atoms with Gasteiger partial charge in [0.2, 0.25) is 5.91 Å². The van der Waals surface area contributed by atoms with Gasteiger partial charge in [0.25, 0.3) is 5.88 Å². The summed E-state index contributed by atoms with van der Waals surface area (Å²) in [6, 6.07) is 15.9. The lowest BCUT2D eigenvalue weighted by Gasteiger charge is -2.32. The van der Waals surface area contributed by atoms with Crippen molar-refractivity contribution >= 4 is 17.4 Å². The van der Waals surface area contributed by atoms with E-state index in [9.17, 15) is 4.79 Å². The molecule has 1 fully saturated rings. The number of aryl methyl sites for hydroxylation is 2. The van der Waals surface area contributed by atoms with Crippen molar-refractivity contribution < 1.29 is 9.53 Å². The fourth-order valence-electron chi connectivity index (χ4n) is 3.79. The average Bonchev–Trinajstić information content (AvgIpc) is 2.81. The summed E-state index contributed by atoms with van der Waals surface area (Å²) in [6.45, 7) is 5.62. The molecule has 1 aromatic heterocycles. The summed E-state index contributed by atoms with van der Waals surface area (Å²) >= 11 is 0. The second-order valence-corrected chi connectivity index (χ2v) is 7.90. The first-order valence-corrected chi connectivity index (χ1v) is 10.8. The van der Waals surface area contributed by atoms with Gasteiger partial charge < -0.3 is 15.0 Å². The standard InChI is InChI=1S/C25H28N4O2/c1-3-19-5-4-6-21(17-19)28-24(30)20-11-15-29(16-12-20)23-25(27-14-13-26-23)31-22-9-7-18(2)8-10-22/h4-10,13-14,17,20H,3,11-12,15-16H2,1-2H3,(H,28,30). The molecule has 1 amide bonds. The Morgan fingerprint density at radius 3 is 2.58 bits per heavy atom. The second kappa shape index (κ2) is 9.60. The van der Waals surface area contributed by atoms with Crippen molar-refractivity contribution in [3.8, 4) is 11.6 Å². The number of aromatic nitrogens is 2. The summed E-state index contributed by atoms with van der Waals surface area (Å²) in [6.07, 6.45) is 5.79. The molecule has 6 heteroatoms. The lowest BCUT2D eigenvalue weighted by molar-refractivity contribution is -0.120. The van der Waals surface area contributed by atoms with Crippen LogP contribution in [0.2, 0.25) is 0 Å². The zero-order chi connectivity index (χ0) is 21.6. The Bertz CT molecular complexity index is 1030. The molecule has 4 rings (SSSR count). The molecule has 31 heavy (non-hydrogen) atoms. The van der Waals surface area contributed by atoms with Crippen LogP contribution in [-0.4, -0.2) is 29.0 Å². The molecule has 1 aliphatic rings. The molecular weight excluding hydrogens is 388 g/mol. The van der Waals surface area contributed by atoms with E-state index in [0.717, 1.165) is 49.6 Å². The molecular formula is C25H28N4O2. The van der Waals surface area contributed by atoms with Gasteiger partial charge >= 0.3 is 0 Å². The maximum absolute atomic E-state index is 12.8. The molecule has 0 atom stereocenters. The number of nitrogens with zero attached hydrogens (tertiary/aromatic N) is 3. The highest BCUT2D eigenvalue weighted by Crippen LogP contribution is 2.31. The molecule has 1 N–H and O–H groups in total. The number of hydrogen-bond donors (Lipinski definition) is 1. The SMILES string of the molecule is CCc1cccc(NC(=O)C2CCN(c3nccnc3Oc3ccc(C)cc3)CC2)c1. The maximum atomic E-state index is 12.8. The Hall–Kier alpha value is -3.41. The first-order valence-electron chi connectivity index (χ1n) is 10.8. The summed E-state index contributed by atoms with van der Waals surface area (Å²) in [5, 5.41) is 3.08. The third-order valence-electron chi connectivity index (χ3n) is 5.65. The van der Waals surface area contributed by atoms with E-state index in [1.807, 2.05) is 49.4 Å². The predicted octanol–water partition coefficient (Wildman–Crippen LogP) is 4.99. The van der Waals surface area contributed by atoms with Crippen molar-refractivity contribution in [2.75, 3.05) is 23.3 Å². The number of anilines is 2. The van der Waals surface area contributed by atoms with E-state index in [-0.39, 0.29) is 11.8 Å². The summed E-state index contributed by atoms with van der Waals surface area (Å²) in [5.41, 5.74) is 3.26. The largest absolute Gasteiger partial charge is 0.436 e. The molecule has 2 heterocycles. The quantitative estimate of drug-likeness (QED) is 0.613. The molecule has 0 aliphatic carbocycles. The third-order valence-corrected chi connectivity index (χ3v) is 5.65. The Morgan fingerprint density at radius 2 is 1.84 bits per heavy atom. The highest BCUT2D eigenvalue weighted by Gasteiger charge is 2.27. The molecule has 1 aliphatic heterocycles. The van der Waals surface area contributed by atoms with Gasteiger partial charge in [-0.25, -0.2) is 9.97 Å². The minimum atomic E-state index is -0.0142. The Balaban J connectivity index is 1.38. The number of rotatable bonds is 6. The van der Waals surface area contributed by atoms with Gasteiger partial charge in [-0.15, -0.1) is 0 Å². The van der Waals surface area contributed by atoms with Crippen LogP contribution in [0.1, 0.15) is 30.9 Å². The smallest absolute Gasteiger partial charge is 0.263 e. The van der Waals surface area contributed by atoms with Crippen molar-refractivity contribution in [3.63, 3.8) is 0 Å². The normalized spacial score (nSPS) is 14.3. The van der Waals surface area contributed by atoms with Crippen LogP contribution in [0.5, 0.6) is 11.6 Å². The Labute approximate surface area is 183 Å². The highest BCUT2D eigenvalue weighted by atomic mass is 16.5. The van der Waals surface area contributed by atoms with Gasteiger partial charge in [-0.2, -0.15) is 0 Å². The van der Waals surface area contributed by atoms with Crippen LogP contribution in [0.3, 0.4) is 0 Å². The van der Waals surface area contributed by atoms with E-state index < -0.39 is 0 Å². The lowest BCUT2D eigenvalue weighted by Crippen LogP contribution is -2.38. The molecule has 1 saturated heterocycles. The van der Waals surface area contributed by atoms with Gasteiger partial charge in [-0.05, 0) is 56.0 Å². The van der Waals surface area contributed by atoms with Gasteiger partial charge in [-0.1, -0.05) is 36.8 Å². The minimum Gasteiger partial charge on any atom is -0.436 e. The molecule has 0 unspecified atom stereocenters. The Morgan fingerprint density at radius 1 is 1.10 bits per heavy atom. The summed E-state index contributed by atoms with van der Waals surface area (Å²) in [4.78, 5) is 23.8. The summed E-state index contributed by atoms with van der Waals surface area (Å²) in [5.74, 6) is 2.02. The fraction of sp³-hybridized carbons (Fsp3) is 0.320. The van der Waals surface area contributed by atoms with E-state index in [2.05, 4.69) is 33.2 Å². The zero-order valence-corrected chi connectivity index (χ0v) is 18.0. The van der Waals surface area contributed by atoms with Crippen LogP contribution in [0, 0.1) is 12.8 Å². The first-order chi connectivity index (χ1) is 15.1. The molecule has 0 bridgehead atoms. The van der Waals surface area contributed by atoms with Gasteiger partial charge in [-0.3, -0.25) is 4.79 Å². The van der Waals surface area contributed by atoms with Crippen molar-refractivity contribution in [1.29, 1.82) is 0 Å².